The van der Waals surface area contributed by atoms with Gasteiger partial charge in [0, 0.05) is 6.04 Å². The molecule has 0 saturated heterocycles. The topological polar surface area (TPSA) is 38.3 Å². The molecular weight excluding hydrogens is 246 g/mol. The summed E-state index contributed by atoms with van der Waals surface area (Å²) in [7, 11) is 0. The van der Waals surface area contributed by atoms with Crippen molar-refractivity contribution in [3.63, 3.8) is 0 Å². The number of amides is 1. The van der Waals surface area contributed by atoms with Gasteiger partial charge in [-0.1, -0.05) is 33.1 Å². The van der Waals surface area contributed by atoms with E-state index in [1.807, 2.05) is 34.6 Å². The quantitative estimate of drug-likeness (QED) is 0.696. The molecule has 0 bridgehead atoms. The van der Waals surface area contributed by atoms with Gasteiger partial charge in [0.05, 0.1) is 0 Å². The second-order valence-electron chi connectivity index (χ2n) is 4.98. The Hall–Kier alpha value is -0.380. The molecule has 0 aliphatic heterocycles. The fraction of sp³-hybridized carbons (Fsp3) is 0.929. The zero-order chi connectivity index (χ0) is 14.6. The molecule has 1 amide bonds. The molecule has 1 aliphatic carbocycles. The van der Waals surface area contributed by atoms with E-state index in [-0.39, 0.29) is 6.09 Å². The molecule has 0 aromatic heterocycles. The molecule has 110 valence electrons. The third-order valence-corrected chi connectivity index (χ3v) is 2.33. The minimum atomic E-state index is -0.390. The van der Waals surface area contributed by atoms with Gasteiger partial charge in [0.1, 0.15) is 5.60 Å². The first-order valence-electron chi connectivity index (χ1n) is 6.91. The number of hydrogen-bond acceptors (Lipinski definition) is 3. The van der Waals surface area contributed by atoms with Crippen LogP contribution in [0.3, 0.4) is 0 Å². The first-order valence-corrected chi connectivity index (χ1v) is 7.81. The fourth-order valence-corrected chi connectivity index (χ4v) is 1.72. The maximum atomic E-state index is 11.4. The van der Waals surface area contributed by atoms with E-state index in [1.54, 1.807) is 6.26 Å². The summed E-state index contributed by atoms with van der Waals surface area (Å²) in [6.45, 7) is 9.65. The summed E-state index contributed by atoms with van der Waals surface area (Å²) in [5, 5.41) is 2.91. The van der Waals surface area contributed by atoms with Crippen molar-refractivity contribution < 1.29 is 9.53 Å². The standard InChI is InChI=1S/C11H21NO2.C2H6.CH4S/c1-11(2,3)14-10(13)12-9-7-5-4-6-8-9;2*1-2/h9H,4-8H2,1-3H3,(H,12,13);1-2H3;2H,1H3. The monoisotopic (exact) mass is 277 g/mol. The molecule has 1 fully saturated rings. The van der Waals surface area contributed by atoms with E-state index in [4.69, 9.17) is 4.74 Å². The number of carbonyl (C=O) groups is 1. The van der Waals surface area contributed by atoms with E-state index in [1.165, 1.54) is 19.3 Å². The van der Waals surface area contributed by atoms with Crippen molar-refractivity contribution in [1.29, 1.82) is 0 Å². The molecule has 0 aromatic rings. The Bertz CT molecular complexity index is 196. The van der Waals surface area contributed by atoms with Crippen LogP contribution >= 0.6 is 12.6 Å². The molecule has 0 aromatic carbocycles. The third kappa shape index (κ3) is 12.1. The summed E-state index contributed by atoms with van der Waals surface area (Å²) in [6.07, 6.45) is 7.36. The van der Waals surface area contributed by atoms with Crippen LogP contribution in [-0.4, -0.2) is 24.0 Å². The summed E-state index contributed by atoms with van der Waals surface area (Å²) >= 11 is 3.53. The average molecular weight is 277 g/mol. The highest BCUT2D eigenvalue weighted by molar-refractivity contribution is 7.79. The van der Waals surface area contributed by atoms with Crippen LogP contribution in [-0.2, 0) is 4.74 Å². The fourth-order valence-electron chi connectivity index (χ4n) is 1.72. The van der Waals surface area contributed by atoms with Crippen LogP contribution in [0.25, 0.3) is 0 Å². The largest absolute Gasteiger partial charge is 0.444 e. The van der Waals surface area contributed by atoms with E-state index in [0.717, 1.165) is 12.8 Å². The Balaban J connectivity index is 0. The lowest BCUT2D eigenvalue weighted by atomic mass is 9.96. The third-order valence-electron chi connectivity index (χ3n) is 2.33. The predicted molar refractivity (Wildman–Crippen MR) is 82.5 cm³/mol. The summed E-state index contributed by atoms with van der Waals surface area (Å²) in [6, 6.07) is 0.332. The molecule has 1 aliphatic rings. The molecule has 18 heavy (non-hydrogen) atoms. The van der Waals surface area contributed by atoms with Crippen LogP contribution in [0.2, 0.25) is 0 Å². The maximum Gasteiger partial charge on any atom is 0.407 e. The number of rotatable bonds is 1. The molecule has 0 unspecified atom stereocenters. The lowest BCUT2D eigenvalue weighted by Crippen LogP contribution is -2.39. The summed E-state index contributed by atoms with van der Waals surface area (Å²) < 4.78 is 5.19. The molecule has 1 N–H and O–H groups in total. The van der Waals surface area contributed by atoms with E-state index < -0.39 is 5.60 Å². The molecule has 0 atom stereocenters. The smallest absolute Gasteiger partial charge is 0.407 e. The van der Waals surface area contributed by atoms with Crippen LogP contribution in [0.1, 0.15) is 66.7 Å². The van der Waals surface area contributed by atoms with Crippen molar-refractivity contribution in [2.75, 3.05) is 6.26 Å². The highest BCUT2D eigenvalue weighted by atomic mass is 32.1. The second kappa shape index (κ2) is 11.7. The Morgan fingerprint density at radius 1 is 1.11 bits per heavy atom. The van der Waals surface area contributed by atoms with E-state index in [9.17, 15) is 4.79 Å². The normalized spacial score (nSPS) is 15.5. The van der Waals surface area contributed by atoms with Gasteiger partial charge >= 0.3 is 6.09 Å². The first kappa shape index (κ1) is 19.9. The van der Waals surface area contributed by atoms with E-state index in [0.29, 0.717) is 6.04 Å². The first-order chi connectivity index (χ1) is 8.47. The molecule has 0 spiro atoms. The van der Waals surface area contributed by atoms with Crippen molar-refractivity contribution >= 4 is 18.7 Å². The molecular formula is C14H31NO2S. The van der Waals surface area contributed by atoms with E-state index >= 15 is 0 Å². The lowest BCUT2D eigenvalue weighted by Gasteiger charge is -2.25. The number of alkyl carbamates (subject to hydrolysis) is 1. The van der Waals surface area contributed by atoms with Crippen LogP contribution in [0, 0.1) is 0 Å². The number of nitrogens with one attached hydrogen (secondary N) is 1. The Kier molecular flexibility index (Phi) is 13.0. The molecule has 4 heteroatoms. The molecule has 0 heterocycles. The van der Waals surface area contributed by atoms with Crippen LogP contribution in [0.4, 0.5) is 4.79 Å². The Morgan fingerprint density at radius 3 is 1.94 bits per heavy atom. The number of ether oxygens (including phenoxy) is 1. The van der Waals surface area contributed by atoms with Gasteiger partial charge in [0.2, 0.25) is 0 Å². The zero-order valence-corrected chi connectivity index (χ0v) is 13.8. The van der Waals surface area contributed by atoms with Gasteiger partial charge in [0.15, 0.2) is 0 Å². The molecule has 0 radical (unpaired) electrons. The van der Waals surface area contributed by atoms with Gasteiger partial charge in [-0.3, -0.25) is 0 Å². The predicted octanol–water partition coefficient (Wildman–Crippen LogP) is 4.42. The number of hydrogen-bond donors (Lipinski definition) is 2. The van der Waals surface area contributed by atoms with Crippen molar-refractivity contribution in [3.05, 3.63) is 0 Å². The van der Waals surface area contributed by atoms with Crippen LogP contribution < -0.4 is 5.32 Å². The van der Waals surface area contributed by atoms with Gasteiger partial charge in [-0.15, -0.1) is 0 Å². The number of carbonyl (C=O) groups excluding carboxylic acids is 1. The maximum absolute atomic E-state index is 11.4. The van der Waals surface area contributed by atoms with Crippen molar-refractivity contribution in [1.82, 2.24) is 5.32 Å². The Morgan fingerprint density at radius 2 is 1.56 bits per heavy atom. The molecule has 1 saturated carbocycles. The SMILES string of the molecule is CC.CC(C)(C)OC(=O)NC1CCCCC1.CS. The van der Waals surface area contributed by atoms with Gasteiger partial charge < -0.3 is 10.1 Å². The van der Waals surface area contributed by atoms with Gasteiger partial charge in [-0.2, -0.15) is 12.6 Å². The summed E-state index contributed by atoms with van der Waals surface area (Å²) in [5.74, 6) is 0. The Labute approximate surface area is 118 Å². The summed E-state index contributed by atoms with van der Waals surface area (Å²) in [5.41, 5.74) is -0.390. The highest BCUT2D eigenvalue weighted by Gasteiger charge is 2.20. The number of thiol groups is 1. The molecule has 3 nitrogen and oxygen atoms in total. The zero-order valence-electron chi connectivity index (χ0n) is 12.9. The molecule has 1 rings (SSSR count). The van der Waals surface area contributed by atoms with Gasteiger partial charge in [-0.05, 0) is 39.9 Å². The van der Waals surface area contributed by atoms with Crippen molar-refractivity contribution in [2.45, 2.75) is 78.4 Å². The minimum absolute atomic E-state index is 0.274. The lowest BCUT2D eigenvalue weighted by molar-refractivity contribution is 0.0493. The van der Waals surface area contributed by atoms with Crippen LogP contribution in [0.5, 0.6) is 0 Å². The van der Waals surface area contributed by atoms with Crippen LogP contribution in [0.15, 0.2) is 0 Å². The van der Waals surface area contributed by atoms with Crippen molar-refractivity contribution in [2.24, 2.45) is 0 Å². The van der Waals surface area contributed by atoms with E-state index in [2.05, 4.69) is 17.9 Å². The minimum Gasteiger partial charge on any atom is -0.444 e. The van der Waals surface area contributed by atoms with Crippen molar-refractivity contribution in [3.8, 4) is 0 Å². The second-order valence-corrected chi connectivity index (χ2v) is 4.98. The van der Waals surface area contributed by atoms with Gasteiger partial charge in [0.25, 0.3) is 0 Å². The summed E-state index contributed by atoms with van der Waals surface area (Å²) in [4.78, 5) is 11.4. The van der Waals surface area contributed by atoms with Gasteiger partial charge in [-0.25, -0.2) is 4.79 Å². The average Bonchev–Trinajstić information content (AvgIpc) is 2.33. The highest BCUT2D eigenvalue weighted by Crippen LogP contribution is 2.18.